The molecule has 0 spiro atoms. The summed E-state index contributed by atoms with van der Waals surface area (Å²) < 4.78 is 21.2. The summed E-state index contributed by atoms with van der Waals surface area (Å²) in [6.07, 6.45) is -0.583. The number of esters is 1. The molecule has 0 bridgehead atoms. The standard InChI is InChI=1S/C23H28N2O6/c1-28-23(27)18-3-5-20(6-4-18)29-15-19(26)14-25-10-8-24(9-11-25)13-17-2-7-21-22(12-17)31-16-30-21/h2-7,12,19,26H,8-11,13-16H2,1H3. The molecule has 0 aliphatic carbocycles. The van der Waals surface area contributed by atoms with Gasteiger partial charge in [-0.05, 0) is 42.0 Å². The van der Waals surface area contributed by atoms with Crippen LogP contribution in [0.15, 0.2) is 42.5 Å². The van der Waals surface area contributed by atoms with Gasteiger partial charge >= 0.3 is 5.97 Å². The minimum absolute atomic E-state index is 0.203. The van der Waals surface area contributed by atoms with Gasteiger partial charge in [-0.15, -0.1) is 0 Å². The summed E-state index contributed by atoms with van der Waals surface area (Å²) in [5.74, 6) is 1.85. The predicted octanol–water partition coefficient (Wildman–Crippen LogP) is 1.76. The van der Waals surface area contributed by atoms with Gasteiger partial charge in [-0.25, -0.2) is 4.79 Å². The van der Waals surface area contributed by atoms with Crippen LogP contribution in [0.25, 0.3) is 0 Å². The largest absolute Gasteiger partial charge is 0.491 e. The molecule has 1 N–H and O–H groups in total. The van der Waals surface area contributed by atoms with Crippen LogP contribution in [-0.2, 0) is 11.3 Å². The van der Waals surface area contributed by atoms with E-state index >= 15 is 0 Å². The molecule has 2 aliphatic rings. The summed E-state index contributed by atoms with van der Waals surface area (Å²) in [4.78, 5) is 16.1. The molecule has 2 aromatic carbocycles. The fourth-order valence-electron chi connectivity index (χ4n) is 3.78. The van der Waals surface area contributed by atoms with Crippen molar-refractivity contribution in [3.63, 3.8) is 0 Å². The molecule has 1 saturated heterocycles. The van der Waals surface area contributed by atoms with E-state index in [0.29, 0.717) is 24.7 Å². The van der Waals surface area contributed by atoms with E-state index in [2.05, 4.69) is 20.6 Å². The average Bonchev–Trinajstić information content (AvgIpc) is 3.27. The first kappa shape index (κ1) is 21.4. The van der Waals surface area contributed by atoms with Crippen molar-refractivity contribution in [3.05, 3.63) is 53.6 Å². The zero-order chi connectivity index (χ0) is 21.6. The number of rotatable bonds is 8. The summed E-state index contributed by atoms with van der Waals surface area (Å²) in [6.45, 7) is 5.62. The number of β-amino-alcohol motifs (C(OH)–C–C–N with tert-alkyl or cyclic N) is 1. The molecule has 8 heteroatoms. The van der Waals surface area contributed by atoms with Crippen LogP contribution in [0.1, 0.15) is 15.9 Å². The SMILES string of the molecule is COC(=O)c1ccc(OCC(O)CN2CCN(Cc3ccc4c(c3)OCO4)CC2)cc1. The number of hydrogen-bond donors (Lipinski definition) is 1. The highest BCUT2D eigenvalue weighted by atomic mass is 16.7. The fraction of sp³-hybridized carbons (Fsp3) is 0.435. The monoisotopic (exact) mass is 428 g/mol. The van der Waals surface area contributed by atoms with Crippen LogP contribution in [-0.4, -0.2) is 80.2 Å². The predicted molar refractivity (Wildman–Crippen MR) is 114 cm³/mol. The van der Waals surface area contributed by atoms with Crippen LogP contribution in [0.4, 0.5) is 0 Å². The average molecular weight is 428 g/mol. The van der Waals surface area contributed by atoms with Crippen molar-refractivity contribution < 1.29 is 28.8 Å². The van der Waals surface area contributed by atoms with E-state index < -0.39 is 6.10 Å². The van der Waals surface area contributed by atoms with Crippen molar-refractivity contribution in [2.45, 2.75) is 12.6 Å². The van der Waals surface area contributed by atoms with Gasteiger partial charge in [0.15, 0.2) is 11.5 Å². The second kappa shape index (κ2) is 10.00. The minimum atomic E-state index is -0.583. The summed E-state index contributed by atoms with van der Waals surface area (Å²) in [5, 5.41) is 10.4. The van der Waals surface area contributed by atoms with E-state index in [1.165, 1.54) is 12.7 Å². The highest BCUT2D eigenvalue weighted by Crippen LogP contribution is 2.32. The molecule has 2 aromatic rings. The van der Waals surface area contributed by atoms with Gasteiger partial charge < -0.3 is 24.1 Å². The van der Waals surface area contributed by atoms with E-state index in [4.69, 9.17) is 14.2 Å². The Hall–Kier alpha value is -2.81. The molecule has 0 radical (unpaired) electrons. The van der Waals surface area contributed by atoms with Crippen molar-refractivity contribution in [1.82, 2.24) is 9.80 Å². The molecule has 1 fully saturated rings. The molecular weight excluding hydrogens is 400 g/mol. The Kier molecular flexibility index (Phi) is 6.91. The van der Waals surface area contributed by atoms with E-state index in [-0.39, 0.29) is 12.6 Å². The van der Waals surface area contributed by atoms with Crippen molar-refractivity contribution >= 4 is 5.97 Å². The molecule has 1 atom stereocenters. The maximum atomic E-state index is 11.5. The zero-order valence-corrected chi connectivity index (χ0v) is 17.7. The molecule has 0 saturated carbocycles. The number of aliphatic hydroxyl groups excluding tert-OH is 1. The Balaban J connectivity index is 1.17. The second-order valence-electron chi connectivity index (χ2n) is 7.75. The first-order valence-electron chi connectivity index (χ1n) is 10.4. The number of aliphatic hydroxyl groups is 1. The van der Waals surface area contributed by atoms with E-state index in [0.717, 1.165) is 44.2 Å². The number of hydrogen-bond acceptors (Lipinski definition) is 8. The highest BCUT2D eigenvalue weighted by Gasteiger charge is 2.21. The molecule has 0 amide bonds. The molecule has 166 valence electrons. The first-order valence-corrected chi connectivity index (χ1v) is 10.4. The summed E-state index contributed by atoms with van der Waals surface area (Å²) >= 11 is 0. The van der Waals surface area contributed by atoms with Gasteiger partial charge in [0.1, 0.15) is 18.5 Å². The van der Waals surface area contributed by atoms with Crippen molar-refractivity contribution in [2.75, 3.05) is 53.2 Å². The molecule has 2 heterocycles. The van der Waals surface area contributed by atoms with Crippen LogP contribution >= 0.6 is 0 Å². The number of nitrogens with zero attached hydrogens (tertiary/aromatic N) is 2. The Labute approximate surface area is 181 Å². The first-order chi connectivity index (χ1) is 15.1. The smallest absolute Gasteiger partial charge is 0.337 e. The number of carbonyl (C=O) groups excluding carboxylic acids is 1. The van der Waals surface area contributed by atoms with Crippen molar-refractivity contribution in [3.8, 4) is 17.2 Å². The maximum absolute atomic E-state index is 11.5. The second-order valence-corrected chi connectivity index (χ2v) is 7.75. The third-order valence-electron chi connectivity index (χ3n) is 5.49. The van der Waals surface area contributed by atoms with E-state index in [9.17, 15) is 9.90 Å². The van der Waals surface area contributed by atoms with Gasteiger partial charge in [0.2, 0.25) is 6.79 Å². The fourth-order valence-corrected chi connectivity index (χ4v) is 3.78. The van der Waals surface area contributed by atoms with Crippen LogP contribution in [0, 0.1) is 0 Å². The third-order valence-corrected chi connectivity index (χ3v) is 5.49. The Bertz CT molecular complexity index is 880. The Morgan fingerprint density at radius 3 is 2.48 bits per heavy atom. The molecule has 0 aromatic heterocycles. The van der Waals surface area contributed by atoms with Crippen LogP contribution < -0.4 is 14.2 Å². The summed E-state index contributed by atoms with van der Waals surface area (Å²) in [5.41, 5.74) is 1.68. The van der Waals surface area contributed by atoms with Gasteiger partial charge in [0.05, 0.1) is 12.7 Å². The molecular formula is C23H28N2O6. The van der Waals surface area contributed by atoms with E-state index in [1.807, 2.05) is 12.1 Å². The molecule has 8 nitrogen and oxygen atoms in total. The van der Waals surface area contributed by atoms with Crippen LogP contribution in [0.3, 0.4) is 0 Å². The minimum Gasteiger partial charge on any atom is -0.491 e. The lowest BCUT2D eigenvalue weighted by Gasteiger charge is -2.35. The highest BCUT2D eigenvalue weighted by molar-refractivity contribution is 5.89. The quantitative estimate of drug-likeness (QED) is 0.637. The lowest BCUT2D eigenvalue weighted by atomic mass is 10.1. The van der Waals surface area contributed by atoms with Gasteiger partial charge in [-0.1, -0.05) is 6.07 Å². The number of methoxy groups -OCH3 is 1. The van der Waals surface area contributed by atoms with Crippen LogP contribution in [0.2, 0.25) is 0 Å². The number of ether oxygens (including phenoxy) is 4. The molecule has 31 heavy (non-hydrogen) atoms. The Morgan fingerprint density at radius 2 is 1.74 bits per heavy atom. The Morgan fingerprint density at radius 1 is 1.03 bits per heavy atom. The lowest BCUT2D eigenvalue weighted by Crippen LogP contribution is -2.48. The summed E-state index contributed by atoms with van der Waals surface area (Å²) in [7, 11) is 1.35. The lowest BCUT2D eigenvalue weighted by molar-refractivity contribution is 0.0446. The number of piperazine rings is 1. The van der Waals surface area contributed by atoms with Gasteiger partial charge in [0.25, 0.3) is 0 Å². The van der Waals surface area contributed by atoms with Crippen LogP contribution in [0.5, 0.6) is 17.2 Å². The third kappa shape index (κ3) is 5.66. The zero-order valence-electron chi connectivity index (χ0n) is 17.7. The maximum Gasteiger partial charge on any atom is 0.337 e. The number of carbonyl (C=O) groups is 1. The van der Waals surface area contributed by atoms with Gasteiger partial charge in [-0.3, -0.25) is 9.80 Å². The number of fused-ring (bicyclic) bond motifs is 1. The van der Waals surface area contributed by atoms with Gasteiger partial charge in [-0.2, -0.15) is 0 Å². The molecule has 1 unspecified atom stereocenters. The summed E-state index contributed by atoms with van der Waals surface area (Å²) in [6, 6.07) is 12.8. The van der Waals surface area contributed by atoms with Crippen molar-refractivity contribution in [2.24, 2.45) is 0 Å². The van der Waals surface area contributed by atoms with Gasteiger partial charge in [0, 0.05) is 39.3 Å². The topological polar surface area (TPSA) is 80.7 Å². The normalized spacial score (nSPS) is 17.4. The number of benzene rings is 2. The van der Waals surface area contributed by atoms with E-state index in [1.54, 1.807) is 24.3 Å². The molecule has 4 rings (SSSR count). The molecule has 2 aliphatic heterocycles. The van der Waals surface area contributed by atoms with Crippen molar-refractivity contribution in [1.29, 1.82) is 0 Å².